The van der Waals surface area contributed by atoms with Crippen molar-refractivity contribution in [1.82, 2.24) is 9.99 Å². The monoisotopic (exact) mass is 529 g/mol. The topological polar surface area (TPSA) is 55.6 Å². The summed E-state index contributed by atoms with van der Waals surface area (Å²) in [6.45, 7) is 10.5. The molecule has 0 spiro atoms. The third kappa shape index (κ3) is 5.97. The first-order valence-corrected chi connectivity index (χ1v) is 11.2. The summed E-state index contributed by atoms with van der Waals surface area (Å²) in [6.07, 6.45) is 1.67. The second-order valence-electron chi connectivity index (χ2n) is 8.49. The summed E-state index contributed by atoms with van der Waals surface area (Å²) in [5.41, 5.74) is 8.06. The third-order valence-corrected chi connectivity index (χ3v) is 5.76. The predicted molar refractivity (Wildman–Crippen MR) is 134 cm³/mol. The lowest BCUT2D eigenvalue weighted by Gasteiger charge is -2.19. The molecule has 31 heavy (non-hydrogen) atoms. The predicted octanol–water partition coefficient (Wildman–Crippen LogP) is 5.53. The molecule has 0 bridgehead atoms. The van der Waals surface area contributed by atoms with Crippen LogP contribution < -0.4 is 10.2 Å². The Labute approximate surface area is 197 Å². The normalized spacial score (nSPS) is 11.7. The minimum atomic E-state index is -0.303. The molecule has 1 heterocycles. The molecule has 162 valence electrons. The van der Waals surface area contributed by atoms with Gasteiger partial charge >= 0.3 is 0 Å². The first kappa shape index (κ1) is 23.1. The number of hydrogen-bond donors (Lipinski definition) is 1. The molecule has 0 saturated heterocycles. The van der Waals surface area contributed by atoms with Crippen LogP contribution in [0, 0.1) is 17.4 Å². The van der Waals surface area contributed by atoms with Crippen LogP contribution in [0.15, 0.2) is 59.7 Å². The van der Waals surface area contributed by atoms with Crippen LogP contribution in [0.3, 0.4) is 0 Å². The molecule has 1 N–H and O–H groups in total. The molecule has 1 amide bonds. The molecule has 0 unspecified atom stereocenters. The zero-order chi connectivity index (χ0) is 22.6. The number of halogens is 1. The Bertz CT molecular complexity index is 1080. The number of carbonyl (C=O) groups is 1. The van der Waals surface area contributed by atoms with Gasteiger partial charge in [0.25, 0.3) is 5.91 Å². The van der Waals surface area contributed by atoms with Crippen LogP contribution in [-0.4, -0.2) is 23.3 Å². The molecule has 1 aromatic heterocycles. The average molecular weight is 529 g/mol. The summed E-state index contributed by atoms with van der Waals surface area (Å²) in [6, 6.07) is 18.2. The zero-order valence-corrected chi connectivity index (χ0v) is 20.7. The SMILES string of the molecule is Cc1cc(/C=N\NC(=O)COc2ccc(C(C)(C)C)cc2)c(C)n1-c1ccc(I)cc1. The standard InChI is InChI=1S/C25H28IN3O2/c1-17-14-19(18(2)29(17)22-10-8-21(26)9-11-22)15-27-28-24(30)16-31-23-12-6-20(7-13-23)25(3,4)5/h6-15H,16H2,1-5H3,(H,28,30)/b27-15-. The van der Waals surface area contributed by atoms with Gasteiger partial charge in [0.2, 0.25) is 0 Å². The van der Waals surface area contributed by atoms with Crippen LogP contribution in [0.2, 0.25) is 0 Å². The van der Waals surface area contributed by atoms with Crippen molar-refractivity contribution in [1.29, 1.82) is 0 Å². The Hall–Kier alpha value is -2.61. The number of nitrogens with one attached hydrogen (secondary N) is 1. The zero-order valence-electron chi connectivity index (χ0n) is 18.6. The summed E-state index contributed by atoms with van der Waals surface area (Å²) >= 11 is 2.30. The first-order valence-electron chi connectivity index (χ1n) is 10.2. The quantitative estimate of drug-likeness (QED) is 0.260. The van der Waals surface area contributed by atoms with Crippen LogP contribution >= 0.6 is 22.6 Å². The fourth-order valence-electron chi connectivity index (χ4n) is 3.31. The number of hydrazone groups is 1. The number of hydrogen-bond acceptors (Lipinski definition) is 3. The number of aromatic nitrogens is 1. The molecular weight excluding hydrogens is 501 g/mol. The van der Waals surface area contributed by atoms with Crippen LogP contribution in [-0.2, 0) is 10.2 Å². The maximum Gasteiger partial charge on any atom is 0.277 e. The molecule has 0 aliphatic heterocycles. The van der Waals surface area contributed by atoms with Gasteiger partial charge < -0.3 is 9.30 Å². The van der Waals surface area contributed by atoms with E-state index in [0.29, 0.717) is 5.75 Å². The van der Waals surface area contributed by atoms with Crippen LogP contribution in [0.4, 0.5) is 0 Å². The van der Waals surface area contributed by atoms with Crippen molar-refractivity contribution in [2.24, 2.45) is 5.10 Å². The highest BCUT2D eigenvalue weighted by Crippen LogP contribution is 2.24. The largest absolute Gasteiger partial charge is 0.484 e. The molecule has 2 aromatic carbocycles. The highest BCUT2D eigenvalue weighted by atomic mass is 127. The lowest BCUT2D eigenvalue weighted by molar-refractivity contribution is -0.123. The number of benzene rings is 2. The Morgan fingerprint density at radius 1 is 1.10 bits per heavy atom. The lowest BCUT2D eigenvalue weighted by atomic mass is 9.87. The third-order valence-electron chi connectivity index (χ3n) is 5.04. The Morgan fingerprint density at radius 2 is 1.74 bits per heavy atom. The van der Waals surface area contributed by atoms with E-state index in [1.807, 2.05) is 31.2 Å². The maximum absolute atomic E-state index is 12.1. The number of rotatable bonds is 6. The molecule has 0 aliphatic rings. The van der Waals surface area contributed by atoms with Gasteiger partial charge in [0.15, 0.2) is 6.61 Å². The van der Waals surface area contributed by atoms with Gasteiger partial charge in [-0.3, -0.25) is 4.79 Å². The number of carbonyl (C=O) groups excluding carboxylic acids is 1. The Morgan fingerprint density at radius 3 is 2.35 bits per heavy atom. The summed E-state index contributed by atoms with van der Waals surface area (Å²) in [7, 11) is 0. The number of amides is 1. The minimum Gasteiger partial charge on any atom is -0.484 e. The average Bonchev–Trinajstić information content (AvgIpc) is 3.00. The van der Waals surface area contributed by atoms with Crippen molar-refractivity contribution in [3.8, 4) is 11.4 Å². The van der Waals surface area contributed by atoms with Crippen molar-refractivity contribution >= 4 is 34.7 Å². The Balaban J connectivity index is 1.57. The summed E-state index contributed by atoms with van der Waals surface area (Å²) in [5, 5.41) is 4.10. The lowest BCUT2D eigenvalue weighted by Crippen LogP contribution is -2.24. The number of ether oxygens (including phenoxy) is 1. The Kier molecular flexibility index (Phi) is 7.20. The minimum absolute atomic E-state index is 0.0825. The first-order chi connectivity index (χ1) is 14.6. The van der Waals surface area contributed by atoms with Crippen molar-refractivity contribution in [3.05, 3.63) is 80.7 Å². The van der Waals surface area contributed by atoms with E-state index in [1.54, 1.807) is 6.21 Å². The fourth-order valence-corrected chi connectivity index (χ4v) is 3.67. The van der Waals surface area contributed by atoms with Crippen LogP contribution in [0.25, 0.3) is 5.69 Å². The van der Waals surface area contributed by atoms with Crippen molar-refractivity contribution in [2.75, 3.05) is 6.61 Å². The molecule has 3 rings (SSSR count). The maximum atomic E-state index is 12.1. The van der Waals surface area contributed by atoms with E-state index in [1.165, 1.54) is 9.13 Å². The van der Waals surface area contributed by atoms with E-state index < -0.39 is 0 Å². The highest BCUT2D eigenvalue weighted by molar-refractivity contribution is 14.1. The van der Waals surface area contributed by atoms with Gasteiger partial charge in [-0.1, -0.05) is 32.9 Å². The molecule has 5 nitrogen and oxygen atoms in total. The van der Waals surface area contributed by atoms with E-state index in [0.717, 1.165) is 22.6 Å². The molecule has 6 heteroatoms. The van der Waals surface area contributed by atoms with Gasteiger partial charge in [0, 0.05) is 26.2 Å². The summed E-state index contributed by atoms with van der Waals surface area (Å²) < 4.78 is 8.93. The molecule has 0 atom stereocenters. The molecular formula is C25H28IN3O2. The van der Waals surface area contributed by atoms with Crippen molar-refractivity contribution in [3.63, 3.8) is 0 Å². The molecule has 0 radical (unpaired) electrons. The highest BCUT2D eigenvalue weighted by Gasteiger charge is 2.13. The van der Waals surface area contributed by atoms with Gasteiger partial charge in [-0.15, -0.1) is 0 Å². The van der Waals surface area contributed by atoms with Crippen molar-refractivity contribution in [2.45, 2.75) is 40.0 Å². The van der Waals surface area contributed by atoms with Crippen LogP contribution in [0.1, 0.15) is 43.3 Å². The van der Waals surface area contributed by atoms with E-state index in [-0.39, 0.29) is 17.9 Å². The molecule has 0 aliphatic carbocycles. The second-order valence-corrected chi connectivity index (χ2v) is 9.74. The van der Waals surface area contributed by atoms with E-state index in [2.05, 4.69) is 95.7 Å². The van der Waals surface area contributed by atoms with E-state index in [9.17, 15) is 4.79 Å². The van der Waals surface area contributed by atoms with E-state index >= 15 is 0 Å². The van der Waals surface area contributed by atoms with E-state index in [4.69, 9.17) is 4.74 Å². The second kappa shape index (κ2) is 9.68. The summed E-state index contributed by atoms with van der Waals surface area (Å²) in [5.74, 6) is 0.357. The van der Waals surface area contributed by atoms with Gasteiger partial charge in [0.1, 0.15) is 5.75 Å². The van der Waals surface area contributed by atoms with Gasteiger partial charge in [-0.2, -0.15) is 5.10 Å². The van der Waals surface area contributed by atoms with Crippen LogP contribution in [0.5, 0.6) is 5.75 Å². The fraction of sp³-hybridized carbons (Fsp3) is 0.280. The van der Waals surface area contributed by atoms with Gasteiger partial charge in [-0.25, -0.2) is 5.43 Å². The van der Waals surface area contributed by atoms with Crippen molar-refractivity contribution < 1.29 is 9.53 Å². The van der Waals surface area contributed by atoms with Gasteiger partial charge in [-0.05, 0) is 89.9 Å². The number of aryl methyl sites for hydroxylation is 1. The summed E-state index contributed by atoms with van der Waals surface area (Å²) in [4.78, 5) is 12.1. The molecule has 0 saturated carbocycles. The smallest absolute Gasteiger partial charge is 0.277 e. The molecule has 0 fully saturated rings. The molecule has 3 aromatic rings. The van der Waals surface area contributed by atoms with Gasteiger partial charge in [0.05, 0.1) is 6.21 Å². The number of nitrogens with zero attached hydrogens (tertiary/aromatic N) is 2.